The second-order valence-corrected chi connectivity index (χ2v) is 12.9. The van der Waals surface area contributed by atoms with Crippen LogP contribution in [0.2, 0.25) is 10.0 Å². The summed E-state index contributed by atoms with van der Waals surface area (Å²) in [5.41, 5.74) is 6.29. The number of methoxy groups -OCH3 is 1. The van der Waals surface area contributed by atoms with Crippen LogP contribution in [-0.4, -0.2) is 11.7 Å². The number of benzene rings is 3. The average Bonchev–Trinajstić information content (AvgIpc) is 3.64. The molecule has 7 rings (SSSR count). The molecule has 0 spiro atoms. The average molecular weight is 632 g/mol. The summed E-state index contributed by atoms with van der Waals surface area (Å²) < 4.78 is 14.1. The first-order chi connectivity index (χ1) is 20.5. The molecule has 9 heteroatoms. The van der Waals surface area contributed by atoms with Gasteiger partial charge in [-0.2, -0.15) is 0 Å². The van der Waals surface area contributed by atoms with Crippen molar-refractivity contribution in [2.75, 3.05) is 7.11 Å². The standard InChI is InChI=1S/C33H24Cl2N2O3S2/c1-39-27-15-19(8-13-26(27)40-18-21-9-11-22(34)17-25(21)35)16-29-32(38)37-31(28-7-4-14-41-28)24-12-10-20-5-2-3-6-23(20)30(24)36-33(37)42-29/h2-9,11,13-17,31H,10,12,18H2,1H3/b29-16+/t31-/m0/s1. The van der Waals surface area contributed by atoms with Crippen LogP contribution >= 0.6 is 45.9 Å². The van der Waals surface area contributed by atoms with Crippen molar-refractivity contribution < 1.29 is 9.47 Å². The summed E-state index contributed by atoms with van der Waals surface area (Å²) in [7, 11) is 1.60. The minimum atomic E-state index is -0.156. The molecule has 0 saturated heterocycles. The SMILES string of the molecule is COc1cc(/C=c2/sc3n(c2=O)[C@H](c2cccs2)C2=C(N=3)c3ccccc3CC2)ccc1OCc1ccc(Cl)cc1Cl. The zero-order valence-corrected chi connectivity index (χ0v) is 25.6. The van der Waals surface area contributed by atoms with Gasteiger partial charge in [-0.05, 0) is 71.3 Å². The second-order valence-electron chi connectivity index (χ2n) is 10.1. The predicted octanol–water partition coefficient (Wildman–Crippen LogP) is 7.27. The maximum Gasteiger partial charge on any atom is 0.271 e. The van der Waals surface area contributed by atoms with Crippen molar-refractivity contribution in [3.63, 3.8) is 0 Å². The van der Waals surface area contributed by atoms with E-state index >= 15 is 0 Å². The first-order valence-corrected chi connectivity index (χ1v) is 15.9. The molecule has 3 aromatic carbocycles. The van der Waals surface area contributed by atoms with Crippen LogP contribution in [-0.2, 0) is 13.0 Å². The van der Waals surface area contributed by atoms with E-state index < -0.39 is 0 Å². The smallest absolute Gasteiger partial charge is 0.271 e. The van der Waals surface area contributed by atoms with Crippen molar-refractivity contribution in [3.8, 4) is 11.5 Å². The van der Waals surface area contributed by atoms with Crippen LogP contribution in [0.15, 0.2) is 93.5 Å². The topological polar surface area (TPSA) is 52.8 Å². The molecule has 0 radical (unpaired) electrons. The molecule has 0 saturated carbocycles. The lowest BCUT2D eigenvalue weighted by atomic mass is 9.85. The van der Waals surface area contributed by atoms with Crippen LogP contribution < -0.4 is 24.4 Å². The lowest BCUT2D eigenvalue weighted by molar-refractivity contribution is 0.284. The van der Waals surface area contributed by atoms with Crippen molar-refractivity contribution in [2.45, 2.75) is 25.5 Å². The molecule has 0 fully saturated rings. The first-order valence-electron chi connectivity index (χ1n) is 13.4. The van der Waals surface area contributed by atoms with E-state index in [2.05, 4.69) is 35.7 Å². The summed E-state index contributed by atoms with van der Waals surface area (Å²) in [5, 5.41) is 3.18. The fourth-order valence-electron chi connectivity index (χ4n) is 5.56. The van der Waals surface area contributed by atoms with Gasteiger partial charge in [0.2, 0.25) is 0 Å². The van der Waals surface area contributed by atoms with E-state index in [1.165, 1.54) is 22.5 Å². The van der Waals surface area contributed by atoms with Crippen LogP contribution in [0.4, 0.5) is 0 Å². The molecule has 210 valence electrons. The summed E-state index contributed by atoms with van der Waals surface area (Å²) in [4.78, 5) is 20.9. The van der Waals surface area contributed by atoms with Crippen LogP contribution in [0.1, 0.15) is 39.6 Å². The second kappa shape index (κ2) is 11.2. The van der Waals surface area contributed by atoms with Gasteiger partial charge in [0.05, 0.1) is 23.4 Å². The van der Waals surface area contributed by atoms with Gasteiger partial charge in [0, 0.05) is 26.0 Å². The highest BCUT2D eigenvalue weighted by Crippen LogP contribution is 2.42. The third-order valence-corrected chi connectivity index (χ3v) is 10.1. The molecule has 5 aromatic rings. The number of aryl methyl sites for hydroxylation is 1. The summed E-state index contributed by atoms with van der Waals surface area (Å²) in [6.07, 6.45) is 3.71. The van der Waals surface area contributed by atoms with Gasteiger partial charge in [-0.15, -0.1) is 11.3 Å². The monoisotopic (exact) mass is 630 g/mol. The molecule has 3 heterocycles. The summed E-state index contributed by atoms with van der Waals surface area (Å²) >= 11 is 15.4. The number of hydrogen-bond donors (Lipinski definition) is 0. The van der Waals surface area contributed by atoms with E-state index in [9.17, 15) is 4.79 Å². The Morgan fingerprint density at radius 1 is 1.02 bits per heavy atom. The number of aromatic nitrogens is 1. The Morgan fingerprint density at radius 2 is 1.90 bits per heavy atom. The number of rotatable bonds is 6. The Hall–Kier alpha value is -3.62. The maximum atomic E-state index is 14.0. The fraction of sp³-hybridized carbons (Fsp3) is 0.152. The number of thiophene rings is 1. The Labute approximate surface area is 260 Å². The highest BCUT2D eigenvalue weighted by Gasteiger charge is 2.33. The molecule has 42 heavy (non-hydrogen) atoms. The number of allylic oxidation sites excluding steroid dienone is 1. The summed E-state index contributed by atoms with van der Waals surface area (Å²) in [6.45, 7) is 0.265. The largest absolute Gasteiger partial charge is 0.493 e. The Bertz CT molecular complexity index is 2040. The molecular weight excluding hydrogens is 607 g/mol. The van der Waals surface area contributed by atoms with Gasteiger partial charge in [-0.25, -0.2) is 4.99 Å². The number of halogens is 2. The van der Waals surface area contributed by atoms with E-state index in [1.54, 1.807) is 30.6 Å². The molecule has 2 aliphatic rings. The number of nitrogens with zero attached hydrogens (tertiary/aromatic N) is 2. The molecule has 2 aromatic heterocycles. The van der Waals surface area contributed by atoms with Gasteiger partial charge in [0.1, 0.15) is 6.61 Å². The van der Waals surface area contributed by atoms with Crippen LogP contribution in [0, 0.1) is 0 Å². The van der Waals surface area contributed by atoms with Gasteiger partial charge < -0.3 is 9.47 Å². The molecule has 1 aliphatic heterocycles. The Kier molecular flexibility index (Phi) is 7.28. The molecule has 0 unspecified atom stereocenters. The van der Waals surface area contributed by atoms with Crippen molar-refractivity contribution >= 4 is 57.6 Å². The van der Waals surface area contributed by atoms with E-state index in [1.807, 2.05) is 41.0 Å². The number of hydrogen-bond acceptors (Lipinski definition) is 6. The molecule has 1 atom stereocenters. The normalized spacial score (nSPS) is 16.0. The highest BCUT2D eigenvalue weighted by atomic mass is 35.5. The van der Waals surface area contributed by atoms with E-state index in [0.29, 0.717) is 30.9 Å². The quantitative estimate of drug-likeness (QED) is 0.198. The minimum Gasteiger partial charge on any atom is -0.493 e. The van der Waals surface area contributed by atoms with Crippen molar-refractivity contribution in [3.05, 3.63) is 141 Å². The Morgan fingerprint density at radius 3 is 2.71 bits per heavy atom. The van der Waals surface area contributed by atoms with Gasteiger partial charge in [0.25, 0.3) is 5.56 Å². The van der Waals surface area contributed by atoms with Gasteiger partial charge in [-0.1, -0.05) is 77.0 Å². The van der Waals surface area contributed by atoms with Crippen molar-refractivity contribution in [1.29, 1.82) is 0 Å². The van der Waals surface area contributed by atoms with Gasteiger partial charge in [0.15, 0.2) is 16.3 Å². The van der Waals surface area contributed by atoms with E-state index in [4.69, 9.17) is 37.7 Å². The van der Waals surface area contributed by atoms with E-state index in [-0.39, 0.29) is 18.2 Å². The minimum absolute atomic E-state index is 0.0424. The molecule has 1 aliphatic carbocycles. The Balaban J connectivity index is 1.28. The molecule has 5 nitrogen and oxygen atoms in total. The fourth-order valence-corrected chi connectivity index (χ4v) is 7.87. The van der Waals surface area contributed by atoms with Crippen LogP contribution in [0.25, 0.3) is 11.8 Å². The number of fused-ring (bicyclic) bond motifs is 3. The van der Waals surface area contributed by atoms with Crippen LogP contribution in [0.5, 0.6) is 11.5 Å². The van der Waals surface area contributed by atoms with Crippen LogP contribution in [0.3, 0.4) is 0 Å². The maximum absolute atomic E-state index is 14.0. The number of ether oxygens (including phenoxy) is 2. The first kappa shape index (κ1) is 27.2. The zero-order valence-electron chi connectivity index (χ0n) is 22.5. The molecular formula is C33H24Cl2N2O3S2. The lowest BCUT2D eigenvalue weighted by Crippen LogP contribution is -2.38. The van der Waals surface area contributed by atoms with Gasteiger partial charge in [-0.3, -0.25) is 9.36 Å². The third-order valence-electron chi connectivity index (χ3n) is 7.57. The lowest BCUT2D eigenvalue weighted by Gasteiger charge is -2.30. The molecule has 0 amide bonds. The number of thiazole rings is 1. The predicted molar refractivity (Wildman–Crippen MR) is 171 cm³/mol. The molecule has 0 bridgehead atoms. The highest BCUT2D eigenvalue weighted by molar-refractivity contribution is 7.10. The summed E-state index contributed by atoms with van der Waals surface area (Å²) in [5.74, 6) is 1.14. The van der Waals surface area contributed by atoms with E-state index in [0.717, 1.165) is 40.1 Å². The third kappa shape index (κ3) is 4.90. The van der Waals surface area contributed by atoms with Crippen molar-refractivity contribution in [1.82, 2.24) is 4.57 Å². The zero-order chi connectivity index (χ0) is 28.8. The molecule has 0 N–H and O–H groups in total. The van der Waals surface area contributed by atoms with Crippen molar-refractivity contribution in [2.24, 2.45) is 4.99 Å². The van der Waals surface area contributed by atoms with Gasteiger partial charge >= 0.3 is 0 Å². The summed E-state index contributed by atoms with van der Waals surface area (Å²) in [6, 6.07) is 23.4.